The van der Waals surface area contributed by atoms with Gasteiger partial charge in [-0.25, -0.2) is 0 Å². The fraction of sp³-hybridized carbons (Fsp3) is 0.467. The van der Waals surface area contributed by atoms with Gasteiger partial charge in [0.2, 0.25) is 0 Å². The van der Waals surface area contributed by atoms with Crippen molar-refractivity contribution < 1.29 is 24.2 Å². The Bertz CT molecular complexity index is 1070. The van der Waals surface area contributed by atoms with Gasteiger partial charge in [0.25, 0.3) is 11.7 Å². The fourth-order valence-electron chi connectivity index (χ4n) is 4.55. The molecule has 0 aliphatic carbocycles. The summed E-state index contributed by atoms with van der Waals surface area (Å²) in [5.74, 6) is -0.0396. The smallest absolute Gasteiger partial charge is 0.295 e. The molecule has 0 spiro atoms. The van der Waals surface area contributed by atoms with Crippen LogP contribution in [0, 0.1) is 0 Å². The van der Waals surface area contributed by atoms with Crippen molar-refractivity contribution in [3.05, 3.63) is 65.2 Å². The van der Waals surface area contributed by atoms with E-state index in [9.17, 15) is 14.7 Å². The summed E-state index contributed by atoms with van der Waals surface area (Å²) in [7, 11) is 0. The summed E-state index contributed by atoms with van der Waals surface area (Å²) in [6.45, 7) is 13.8. The molecule has 0 unspecified atom stereocenters. The van der Waals surface area contributed by atoms with Crippen LogP contribution >= 0.6 is 0 Å². The zero-order valence-corrected chi connectivity index (χ0v) is 22.7. The molecule has 0 radical (unpaired) electrons. The number of ether oxygens (including phenoxy) is 2. The summed E-state index contributed by atoms with van der Waals surface area (Å²) in [4.78, 5) is 30.4. The van der Waals surface area contributed by atoms with Crippen molar-refractivity contribution in [2.24, 2.45) is 0 Å². The number of hydrogen-bond acceptors (Lipinski definition) is 6. The summed E-state index contributed by atoms with van der Waals surface area (Å²) in [6.07, 6.45) is 1.64. The number of likely N-dealkylation sites (tertiary alicyclic amines) is 1. The van der Waals surface area contributed by atoms with Crippen LogP contribution in [0.15, 0.2) is 54.1 Å². The highest BCUT2D eigenvalue weighted by Crippen LogP contribution is 2.40. The van der Waals surface area contributed by atoms with Gasteiger partial charge >= 0.3 is 0 Å². The Morgan fingerprint density at radius 3 is 2.16 bits per heavy atom. The lowest BCUT2D eigenvalue weighted by Crippen LogP contribution is -2.33. The van der Waals surface area contributed by atoms with E-state index in [1.807, 2.05) is 45.0 Å². The molecule has 1 heterocycles. The van der Waals surface area contributed by atoms with Crippen molar-refractivity contribution in [3.8, 4) is 11.5 Å². The van der Waals surface area contributed by atoms with Crippen LogP contribution in [-0.4, -0.2) is 65.5 Å². The molecule has 1 amide bonds. The largest absolute Gasteiger partial charge is 0.507 e. The maximum Gasteiger partial charge on any atom is 0.295 e. The molecule has 1 aliphatic rings. The van der Waals surface area contributed by atoms with Crippen molar-refractivity contribution >= 4 is 17.4 Å². The van der Waals surface area contributed by atoms with Gasteiger partial charge in [-0.3, -0.25) is 9.59 Å². The van der Waals surface area contributed by atoms with Gasteiger partial charge in [-0.1, -0.05) is 32.9 Å². The van der Waals surface area contributed by atoms with Crippen molar-refractivity contribution in [1.29, 1.82) is 0 Å². The minimum Gasteiger partial charge on any atom is -0.507 e. The molecule has 7 nitrogen and oxygen atoms in total. The molecule has 2 aromatic carbocycles. The molecular formula is C30H40N2O5. The topological polar surface area (TPSA) is 79.3 Å². The Balaban J connectivity index is 1.98. The average molecular weight is 509 g/mol. The second kappa shape index (κ2) is 13.3. The summed E-state index contributed by atoms with van der Waals surface area (Å²) in [5, 5.41) is 11.3. The predicted octanol–water partition coefficient (Wildman–Crippen LogP) is 5.42. The number of carbonyl (C=O) groups excluding carboxylic acids is 2. The third kappa shape index (κ3) is 6.92. The number of hydrogen-bond donors (Lipinski definition) is 1. The van der Waals surface area contributed by atoms with Crippen molar-refractivity contribution in [2.75, 3.05) is 32.8 Å². The summed E-state index contributed by atoms with van der Waals surface area (Å²) in [6, 6.07) is 13.7. The molecule has 0 aromatic heterocycles. The van der Waals surface area contributed by atoms with E-state index in [1.165, 1.54) is 0 Å². The molecule has 200 valence electrons. The van der Waals surface area contributed by atoms with Gasteiger partial charge in [-0.05, 0) is 88.3 Å². The summed E-state index contributed by atoms with van der Waals surface area (Å²) >= 11 is 0. The highest BCUT2D eigenvalue weighted by Gasteiger charge is 2.45. The Hall–Kier alpha value is -3.32. The van der Waals surface area contributed by atoms with Crippen LogP contribution < -0.4 is 9.47 Å². The Morgan fingerprint density at radius 1 is 0.973 bits per heavy atom. The SMILES string of the molecule is CCCOc1ccc(/C(O)=C2\C(=O)C(=O)N(CCCN(CC)CC)[C@H]2c2ccc(OC(C)C)cc2)cc1. The van der Waals surface area contributed by atoms with Gasteiger partial charge < -0.3 is 24.4 Å². The zero-order valence-electron chi connectivity index (χ0n) is 22.7. The van der Waals surface area contributed by atoms with Crippen LogP contribution in [0.5, 0.6) is 11.5 Å². The molecule has 1 N–H and O–H groups in total. The number of rotatable bonds is 13. The highest BCUT2D eigenvalue weighted by molar-refractivity contribution is 6.46. The van der Waals surface area contributed by atoms with Crippen molar-refractivity contribution in [2.45, 2.75) is 59.6 Å². The van der Waals surface area contributed by atoms with E-state index in [2.05, 4.69) is 18.7 Å². The van der Waals surface area contributed by atoms with E-state index >= 15 is 0 Å². The first-order valence-corrected chi connectivity index (χ1v) is 13.3. The molecule has 37 heavy (non-hydrogen) atoms. The highest BCUT2D eigenvalue weighted by atomic mass is 16.5. The quantitative estimate of drug-likeness (QED) is 0.221. The Kier molecular flexibility index (Phi) is 10.1. The lowest BCUT2D eigenvalue weighted by Gasteiger charge is -2.27. The van der Waals surface area contributed by atoms with E-state index in [0.29, 0.717) is 30.2 Å². The Labute approximate surface area is 220 Å². The number of amides is 1. The first-order chi connectivity index (χ1) is 17.8. The van der Waals surface area contributed by atoms with Crippen molar-refractivity contribution in [3.63, 3.8) is 0 Å². The van der Waals surface area contributed by atoms with Crippen LogP contribution in [0.3, 0.4) is 0 Å². The lowest BCUT2D eigenvalue weighted by molar-refractivity contribution is -0.140. The number of nitrogens with zero attached hydrogens (tertiary/aromatic N) is 2. The minimum atomic E-state index is -0.680. The predicted molar refractivity (Wildman–Crippen MR) is 146 cm³/mol. The number of benzene rings is 2. The van der Waals surface area contributed by atoms with Gasteiger partial charge in [-0.15, -0.1) is 0 Å². The molecule has 0 bridgehead atoms. The van der Waals surface area contributed by atoms with Crippen LogP contribution in [0.2, 0.25) is 0 Å². The number of aliphatic hydroxyl groups is 1. The number of aliphatic hydroxyl groups excluding tert-OH is 1. The molecule has 1 fully saturated rings. The van der Waals surface area contributed by atoms with E-state index in [4.69, 9.17) is 9.47 Å². The van der Waals surface area contributed by atoms with Crippen LogP contribution in [0.1, 0.15) is 64.6 Å². The number of ketones is 1. The third-order valence-corrected chi connectivity index (χ3v) is 6.48. The second-order valence-corrected chi connectivity index (χ2v) is 9.48. The van der Waals surface area contributed by atoms with E-state index in [0.717, 1.165) is 38.0 Å². The van der Waals surface area contributed by atoms with Gasteiger partial charge in [0.15, 0.2) is 0 Å². The normalized spacial score (nSPS) is 17.2. The molecule has 2 aromatic rings. The standard InChI is InChI=1S/C30H40N2O5/c1-6-20-36-24-14-12-23(13-15-24)28(33)26-27(22-10-16-25(17-11-22)37-21(4)5)32(30(35)29(26)34)19-9-18-31(7-2)8-3/h10-17,21,27,33H,6-9,18-20H2,1-5H3/b28-26+/t27-/m0/s1. The van der Waals surface area contributed by atoms with E-state index in [1.54, 1.807) is 29.2 Å². The fourth-order valence-corrected chi connectivity index (χ4v) is 4.55. The zero-order chi connectivity index (χ0) is 26.9. The summed E-state index contributed by atoms with van der Waals surface area (Å²) in [5.41, 5.74) is 1.32. The van der Waals surface area contributed by atoms with Crippen LogP contribution in [0.4, 0.5) is 0 Å². The molecule has 3 rings (SSSR count). The average Bonchev–Trinajstić information content (AvgIpc) is 3.15. The Morgan fingerprint density at radius 2 is 1.59 bits per heavy atom. The first-order valence-electron chi connectivity index (χ1n) is 13.3. The van der Waals surface area contributed by atoms with Gasteiger partial charge in [0, 0.05) is 12.1 Å². The second-order valence-electron chi connectivity index (χ2n) is 9.48. The summed E-state index contributed by atoms with van der Waals surface area (Å²) < 4.78 is 11.4. The van der Waals surface area contributed by atoms with Crippen LogP contribution in [0.25, 0.3) is 5.76 Å². The molecular weight excluding hydrogens is 468 g/mol. The molecule has 1 atom stereocenters. The van der Waals surface area contributed by atoms with Crippen molar-refractivity contribution in [1.82, 2.24) is 9.80 Å². The van der Waals surface area contributed by atoms with E-state index in [-0.39, 0.29) is 17.4 Å². The molecule has 1 aliphatic heterocycles. The molecule has 7 heteroatoms. The van der Waals surface area contributed by atoms with E-state index < -0.39 is 17.7 Å². The third-order valence-electron chi connectivity index (χ3n) is 6.48. The van der Waals surface area contributed by atoms with Crippen LogP contribution in [-0.2, 0) is 9.59 Å². The minimum absolute atomic E-state index is 0.0286. The van der Waals surface area contributed by atoms with Gasteiger partial charge in [-0.2, -0.15) is 0 Å². The number of Topliss-reactive ketones (excluding diaryl/α,β-unsaturated/α-hetero) is 1. The monoisotopic (exact) mass is 508 g/mol. The van der Waals surface area contributed by atoms with Gasteiger partial charge in [0.1, 0.15) is 17.3 Å². The molecule has 0 saturated carbocycles. The maximum absolute atomic E-state index is 13.3. The van der Waals surface area contributed by atoms with Gasteiger partial charge in [0.05, 0.1) is 24.3 Å². The molecule has 1 saturated heterocycles. The lowest BCUT2D eigenvalue weighted by atomic mass is 9.95. The first kappa shape index (κ1) is 28.3. The maximum atomic E-state index is 13.3. The number of carbonyl (C=O) groups is 2.